The highest BCUT2D eigenvalue weighted by Gasteiger charge is 2.28. The Hall–Kier alpha value is -1.44. The Labute approximate surface area is 124 Å². The van der Waals surface area contributed by atoms with E-state index in [1.165, 1.54) is 6.07 Å². The zero-order chi connectivity index (χ0) is 15.0. The third-order valence-corrected chi connectivity index (χ3v) is 5.63. The normalized spacial score (nSPS) is 25.5. The molecule has 4 N–H and O–H groups in total. The number of hydrogen-bond donors (Lipinski definition) is 3. The molecular formula is C14H19N3O3S. The van der Waals surface area contributed by atoms with Crippen LogP contribution in [-0.4, -0.2) is 26.4 Å². The van der Waals surface area contributed by atoms with E-state index in [-0.39, 0.29) is 29.3 Å². The summed E-state index contributed by atoms with van der Waals surface area (Å²) in [5.41, 5.74) is 7.40. The van der Waals surface area contributed by atoms with Crippen LogP contribution in [0.4, 0.5) is 5.69 Å². The lowest BCUT2D eigenvalue weighted by atomic mass is 9.92. The third kappa shape index (κ3) is 2.95. The number of anilines is 1. The molecule has 0 bridgehead atoms. The minimum absolute atomic E-state index is 0.109. The molecule has 1 heterocycles. The summed E-state index contributed by atoms with van der Waals surface area (Å²) in [6, 6.07) is 4.36. The molecule has 6 nitrogen and oxygen atoms in total. The summed E-state index contributed by atoms with van der Waals surface area (Å²) in [5.74, 6) is -0.109. The average molecular weight is 309 g/mol. The Morgan fingerprint density at radius 3 is 2.76 bits per heavy atom. The molecule has 0 spiro atoms. The van der Waals surface area contributed by atoms with Crippen molar-refractivity contribution in [3.05, 3.63) is 23.8 Å². The van der Waals surface area contributed by atoms with Gasteiger partial charge in [0.2, 0.25) is 15.9 Å². The molecule has 0 aromatic heterocycles. The SMILES string of the molecule is N[C@@H]1CCCC[C@H]1NS(=O)(=O)c1ccc2c(c1)CC(=O)N2. The predicted octanol–water partition coefficient (Wildman–Crippen LogP) is 0.729. The second kappa shape index (κ2) is 5.40. The van der Waals surface area contributed by atoms with Crippen molar-refractivity contribution in [3.63, 3.8) is 0 Å². The van der Waals surface area contributed by atoms with Crippen molar-refractivity contribution in [1.29, 1.82) is 0 Å². The fourth-order valence-corrected chi connectivity index (χ4v) is 4.32. The Morgan fingerprint density at radius 1 is 1.24 bits per heavy atom. The van der Waals surface area contributed by atoms with Gasteiger partial charge in [-0.25, -0.2) is 13.1 Å². The number of fused-ring (bicyclic) bond motifs is 1. The van der Waals surface area contributed by atoms with Gasteiger partial charge in [-0.3, -0.25) is 4.79 Å². The molecule has 1 aliphatic carbocycles. The zero-order valence-corrected chi connectivity index (χ0v) is 12.4. The standard InChI is InChI=1S/C14H19N3O3S/c15-11-3-1-2-4-13(11)17-21(19,20)10-5-6-12-9(7-10)8-14(18)16-12/h5-7,11,13,17H,1-4,8,15H2,(H,16,18)/t11-,13-/m1/s1. The highest BCUT2D eigenvalue weighted by Crippen LogP contribution is 2.26. The number of sulfonamides is 1. The van der Waals surface area contributed by atoms with Gasteiger partial charge in [-0.1, -0.05) is 12.8 Å². The van der Waals surface area contributed by atoms with Crippen LogP contribution in [0.3, 0.4) is 0 Å². The number of nitrogens with one attached hydrogen (secondary N) is 2. The quantitative estimate of drug-likeness (QED) is 0.766. The van der Waals surface area contributed by atoms with E-state index in [0.29, 0.717) is 5.69 Å². The number of benzene rings is 1. The molecule has 2 aliphatic rings. The van der Waals surface area contributed by atoms with Gasteiger partial charge in [-0.15, -0.1) is 0 Å². The lowest BCUT2D eigenvalue weighted by Crippen LogP contribution is -2.49. The fraction of sp³-hybridized carbons (Fsp3) is 0.500. The summed E-state index contributed by atoms with van der Waals surface area (Å²) in [7, 11) is -3.60. The first-order valence-electron chi connectivity index (χ1n) is 7.16. The lowest BCUT2D eigenvalue weighted by Gasteiger charge is -2.29. The molecular weight excluding hydrogens is 290 g/mol. The third-order valence-electron chi connectivity index (χ3n) is 4.14. The van der Waals surface area contributed by atoms with E-state index in [0.717, 1.165) is 31.2 Å². The smallest absolute Gasteiger partial charge is 0.240 e. The topological polar surface area (TPSA) is 101 Å². The van der Waals surface area contributed by atoms with Crippen LogP contribution in [0.2, 0.25) is 0 Å². The van der Waals surface area contributed by atoms with E-state index in [1.54, 1.807) is 12.1 Å². The molecule has 114 valence electrons. The molecule has 0 radical (unpaired) electrons. The van der Waals surface area contributed by atoms with Crippen molar-refractivity contribution < 1.29 is 13.2 Å². The van der Waals surface area contributed by atoms with E-state index < -0.39 is 10.0 Å². The molecule has 1 amide bonds. The highest BCUT2D eigenvalue weighted by atomic mass is 32.2. The van der Waals surface area contributed by atoms with Gasteiger partial charge in [0.05, 0.1) is 11.3 Å². The first kappa shape index (κ1) is 14.5. The van der Waals surface area contributed by atoms with Crippen molar-refractivity contribution in [2.24, 2.45) is 5.73 Å². The maximum Gasteiger partial charge on any atom is 0.240 e. The van der Waals surface area contributed by atoms with Crippen LogP contribution in [-0.2, 0) is 21.2 Å². The van der Waals surface area contributed by atoms with E-state index in [9.17, 15) is 13.2 Å². The molecule has 7 heteroatoms. The molecule has 1 aromatic rings. The second-order valence-electron chi connectivity index (χ2n) is 5.72. The van der Waals surface area contributed by atoms with Crippen molar-refractivity contribution in [2.75, 3.05) is 5.32 Å². The van der Waals surface area contributed by atoms with Crippen molar-refractivity contribution in [3.8, 4) is 0 Å². The zero-order valence-electron chi connectivity index (χ0n) is 11.6. The molecule has 1 aliphatic heterocycles. The molecule has 0 saturated heterocycles. The molecule has 2 atom stereocenters. The number of amides is 1. The molecule has 21 heavy (non-hydrogen) atoms. The molecule has 0 unspecified atom stereocenters. The fourth-order valence-electron chi connectivity index (χ4n) is 2.95. The molecule has 1 saturated carbocycles. The first-order valence-corrected chi connectivity index (χ1v) is 8.65. The number of nitrogens with two attached hydrogens (primary N) is 1. The van der Waals surface area contributed by atoms with Crippen LogP contribution >= 0.6 is 0 Å². The minimum atomic E-state index is -3.60. The maximum atomic E-state index is 12.5. The van der Waals surface area contributed by atoms with Gasteiger partial charge in [0.1, 0.15) is 0 Å². The summed E-state index contributed by atoms with van der Waals surface area (Å²) >= 11 is 0. The summed E-state index contributed by atoms with van der Waals surface area (Å²) < 4.78 is 27.6. The van der Waals surface area contributed by atoms with Crippen molar-refractivity contribution in [2.45, 2.75) is 49.1 Å². The second-order valence-corrected chi connectivity index (χ2v) is 7.43. The van der Waals surface area contributed by atoms with Crippen LogP contribution in [0.25, 0.3) is 0 Å². The van der Waals surface area contributed by atoms with E-state index in [1.807, 2.05) is 0 Å². The van der Waals surface area contributed by atoms with Crippen LogP contribution in [0.1, 0.15) is 31.2 Å². The Morgan fingerprint density at radius 2 is 2.00 bits per heavy atom. The summed E-state index contributed by atoms with van der Waals surface area (Å²) in [5, 5.41) is 2.69. The monoisotopic (exact) mass is 309 g/mol. The van der Waals surface area contributed by atoms with Crippen LogP contribution < -0.4 is 15.8 Å². The first-order chi connectivity index (χ1) is 9.95. The summed E-state index contributed by atoms with van der Waals surface area (Å²) in [4.78, 5) is 11.5. The van der Waals surface area contributed by atoms with Gasteiger partial charge in [-0.2, -0.15) is 0 Å². The molecule has 1 aromatic carbocycles. The number of hydrogen-bond acceptors (Lipinski definition) is 4. The largest absolute Gasteiger partial charge is 0.326 e. The number of rotatable bonds is 3. The van der Waals surface area contributed by atoms with Gasteiger partial charge in [0, 0.05) is 17.8 Å². The molecule has 3 rings (SSSR count). The van der Waals surface area contributed by atoms with E-state index in [4.69, 9.17) is 5.73 Å². The minimum Gasteiger partial charge on any atom is -0.326 e. The van der Waals surface area contributed by atoms with Crippen LogP contribution in [0.15, 0.2) is 23.1 Å². The van der Waals surface area contributed by atoms with Crippen molar-refractivity contribution >= 4 is 21.6 Å². The maximum absolute atomic E-state index is 12.5. The van der Waals surface area contributed by atoms with E-state index >= 15 is 0 Å². The van der Waals surface area contributed by atoms with Gasteiger partial charge < -0.3 is 11.1 Å². The predicted molar refractivity (Wildman–Crippen MR) is 79.3 cm³/mol. The van der Waals surface area contributed by atoms with Gasteiger partial charge in [-0.05, 0) is 36.6 Å². The van der Waals surface area contributed by atoms with Gasteiger partial charge in [0.25, 0.3) is 0 Å². The Bertz CT molecular complexity index is 672. The van der Waals surface area contributed by atoms with Gasteiger partial charge in [0.15, 0.2) is 0 Å². The lowest BCUT2D eigenvalue weighted by molar-refractivity contribution is -0.115. The van der Waals surface area contributed by atoms with Crippen LogP contribution in [0.5, 0.6) is 0 Å². The Kier molecular flexibility index (Phi) is 3.73. The summed E-state index contributed by atoms with van der Waals surface area (Å²) in [6.45, 7) is 0. The molecule has 1 fully saturated rings. The Balaban J connectivity index is 1.82. The highest BCUT2D eigenvalue weighted by molar-refractivity contribution is 7.89. The number of carbonyl (C=O) groups excluding carboxylic acids is 1. The van der Waals surface area contributed by atoms with Crippen molar-refractivity contribution in [1.82, 2.24) is 4.72 Å². The summed E-state index contributed by atoms with van der Waals surface area (Å²) in [6.07, 6.45) is 3.87. The average Bonchev–Trinajstić information content (AvgIpc) is 2.80. The van der Waals surface area contributed by atoms with Crippen LogP contribution in [0, 0.1) is 0 Å². The number of carbonyl (C=O) groups is 1. The van der Waals surface area contributed by atoms with E-state index in [2.05, 4.69) is 10.0 Å². The van der Waals surface area contributed by atoms with Gasteiger partial charge >= 0.3 is 0 Å².